The van der Waals surface area contributed by atoms with Crippen LogP contribution in [0.15, 0.2) is 42.5 Å². The normalized spacial score (nSPS) is 16.3. The lowest BCUT2D eigenvalue weighted by Gasteiger charge is -2.27. The molecule has 2 aromatic carbocycles. The van der Waals surface area contributed by atoms with Crippen LogP contribution in [0.4, 0.5) is 4.39 Å². The van der Waals surface area contributed by atoms with Crippen LogP contribution in [0, 0.1) is 5.82 Å². The molecule has 1 aliphatic carbocycles. The van der Waals surface area contributed by atoms with E-state index in [-0.39, 0.29) is 17.8 Å². The van der Waals surface area contributed by atoms with Crippen molar-refractivity contribution in [1.29, 1.82) is 0 Å². The molecule has 0 saturated heterocycles. The molecule has 1 heterocycles. The smallest absolute Gasteiger partial charge is 0.217 e. The SMILES string of the molecule is CC(=O)NC1CCc2nc3ccc(Cl)cc3c(-c3ccccc3F)c2C1. The number of aromatic nitrogens is 1. The fourth-order valence-electron chi connectivity index (χ4n) is 3.79. The minimum absolute atomic E-state index is 0.0314. The van der Waals surface area contributed by atoms with E-state index in [9.17, 15) is 9.18 Å². The third-order valence-corrected chi connectivity index (χ3v) is 5.10. The van der Waals surface area contributed by atoms with Crippen LogP contribution < -0.4 is 5.32 Å². The highest BCUT2D eigenvalue weighted by Crippen LogP contribution is 2.38. The Morgan fingerprint density at radius 3 is 2.85 bits per heavy atom. The van der Waals surface area contributed by atoms with E-state index in [1.807, 2.05) is 18.2 Å². The number of hydrogen-bond acceptors (Lipinski definition) is 2. The van der Waals surface area contributed by atoms with Gasteiger partial charge < -0.3 is 5.32 Å². The molecule has 0 aliphatic heterocycles. The second kappa shape index (κ2) is 6.69. The fourth-order valence-corrected chi connectivity index (χ4v) is 3.97. The number of amides is 1. The molecule has 3 aromatic rings. The zero-order chi connectivity index (χ0) is 18.3. The number of rotatable bonds is 2. The van der Waals surface area contributed by atoms with Crippen molar-refractivity contribution in [1.82, 2.24) is 10.3 Å². The first-order valence-corrected chi connectivity index (χ1v) is 9.03. The van der Waals surface area contributed by atoms with Crippen molar-refractivity contribution < 1.29 is 9.18 Å². The summed E-state index contributed by atoms with van der Waals surface area (Å²) in [6, 6.07) is 12.3. The van der Waals surface area contributed by atoms with Crippen LogP contribution in [0.25, 0.3) is 22.0 Å². The van der Waals surface area contributed by atoms with Gasteiger partial charge in [-0.2, -0.15) is 0 Å². The van der Waals surface area contributed by atoms with E-state index in [0.717, 1.165) is 40.6 Å². The van der Waals surface area contributed by atoms with Gasteiger partial charge in [0.25, 0.3) is 0 Å². The lowest BCUT2D eigenvalue weighted by molar-refractivity contribution is -0.119. The molecule has 1 N–H and O–H groups in total. The monoisotopic (exact) mass is 368 g/mol. The molecule has 3 nitrogen and oxygen atoms in total. The van der Waals surface area contributed by atoms with E-state index in [1.165, 1.54) is 13.0 Å². The molecule has 0 radical (unpaired) electrons. The maximum atomic E-state index is 14.7. The quantitative estimate of drug-likeness (QED) is 0.713. The fraction of sp³-hybridized carbons (Fsp3) is 0.238. The molecular weight excluding hydrogens is 351 g/mol. The molecule has 1 unspecified atom stereocenters. The van der Waals surface area contributed by atoms with Crippen molar-refractivity contribution in [3.8, 4) is 11.1 Å². The van der Waals surface area contributed by atoms with Gasteiger partial charge in [-0.25, -0.2) is 4.39 Å². The number of pyridine rings is 1. The first-order valence-electron chi connectivity index (χ1n) is 8.66. The predicted octanol–water partition coefficient (Wildman–Crippen LogP) is 4.69. The van der Waals surface area contributed by atoms with Crippen LogP contribution in [0.3, 0.4) is 0 Å². The summed E-state index contributed by atoms with van der Waals surface area (Å²) in [6.45, 7) is 1.52. The van der Waals surface area contributed by atoms with Gasteiger partial charge in [-0.3, -0.25) is 9.78 Å². The zero-order valence-electron chi connectivity index (χ0n) is 14.4. The summed E-state index contributed by atoms with van der Waals surface area (Å²) in [7, 11) is 0. The number of hydrogen-bond donors (Lipinski definition) is 1. The summed E-state index contributed by atoms with van der Waals surface area (Å²) in [4.78, 5) is 16.3. The van der Waals surface area contributed by atoms with Crippen LogP contribution in [0.2, 0.25) is 5.02 Å². The number of nitrogens with one attached hydrogen (secondary N) is 1. The number of benzene rings is 2. The van der Waals surface area contributed by atoms with E-state index in [2.05, 4.69) is 5.32 Å². The van der Waals surface area contributed by atoms with Crippen LogP contribution in [-0.4, -0.2) is 16.9 Å². The van der Waals surface area contributed by atoms with Gasteiger partial charge in [0.1, 0.15) is 5.82 Å². The maximum Gasteiger partial charge on any atom is 0.217 e. The Balaban J connectivity index is 1.98. The first kappa shape index (κ1) is 17.0. The van der Waals surface area contributed by atoms with Crippen LogP contribution in [-0.2, 0) is 17.6 Å². The molecule has 0 bridgehead atoms. The molecule has 1 aliphatic rings. The van der Waals surface area contributed by atoms with Crippen molar-refractivity contribution in [3.63, 3.8) is 0 Å². The van der Waals surface area contributed by atoms with Gasteiger partial charge in [0.2, 0.25) is 5.91 Å². The van der Waals surface area contributed by atoms with Crippen LogP contribution in [0.5, 0.6) is 0 Å². The van der Waals surface area contributed by atoms with Crippen LogP contribution in [0.1, 0.15) is 24.6 Å². The van der Waals surface area contributed by atoms with Crippen molar-refractivity contribution in [2.75, 3.05) is 0 Å². The van der Waals surface area contributed by atoms with Gasteiger partial charge in [0.05, 0.1) is 5.52 Å². The minimum Gasteiger partial charge on any atom is -0.353 e. The van der Waals surface area contributed by atoms with Gasteiger partial charge >= 0.3 is 0 Å². The van der Waals surface area contributed by atoms with E-state index < -0.39 is 0 Å². The summed E-state index contributed by atoms with van der Waals surface area (Å²) in [6.07, 6.45) is 2.21. The van der Waals surface area contributed by atoms with Gasteiger partial charge in [0, 0.05) is 34.6 Å². The van der Waals surface area contributed by atoms with E-state index in [1.54, 1.807) is 18.2 Å². The van der Waals surface area contributed by atoms with Crippen molar-refractivity contribution >= 4 is 28.4 Å². The average molecular weight is 369 g/mol. The largest absolute Gasteiger partial charge is 0.353 e. The predicted molar refractivity (Wildman–Crippen MR) is 102 cm³/mol. The molecule has 132 valence electrons. The standard InChI is InChI=1S/C21H18ClFN2O/c1-12(26)24-14-7-9-20-17(11-14)21(15-4-2-3-5-18(15)23)16-10-13(22)6-8-19(16)25-20/h2-6,8,10,14H,7,9,11H2,1H3,(H,24,26). The molecule has 0 spiro atoms. The maximum absolute atomic E-state index is 14.7. The van der Waals surface area contributed by atoms with Gasteiger partial charge in [-0.15, -0.1) is 0 Å². The second-order valence-corrected chi connectivity index (χ2v) is 7.13. The Kier molecular flexibility index (Phi) is 4.37. The summed E-state index contributed by atoms with van der Waals surface area (Å²) in [5.74, 6) is -0.327. The molecule has 4 rings (SSSR count). The van der Waals surface area contributed by atoms with E-state index >= 15 is 0 Å². The zero-order valence-corrected chi connectivity index (χ0v) is 15.1. The second-order valence-electron chi connectivity index (χ2n) is 6.69. The molecule has 5 heteroatoms. The minimum atomic E-state index is -0.274. The number of carbonyl (C=O) groups excluding carboxylic acids is 1. The summed E-state index contributed by atoms with van der Waals surface area (Å²) < 4.78 is 14.7. The Morgan fingerprint density at radius 2 is 2.08 bits per heavy atom. The van der Waals surface area contributed by atoms with Gasteiger partial charge in [0.15, 0.2) is 0 Å². The lowest BCUT2D eigenvalue weighted by Crippen LogP contribution is -2.38. The third-order valence-electron chi connectivity index (χ3n) is 4.86. The average Bonchev–Trinajstić information content (AvgIpc) is 2.60. The lowest BCUT2D eigenvalue weighted by atomic mass is 9.84. The molecule has 0 saturated carbocycles. The number of halogens is 2. The summed E-state index contributed by atoms with van der Waals surface area (Å²) in [5.41, 5.74) is 4.15. The number of carbonyl (C=O) groups is 1. The Hall–Kier alpha value is -2.46. The van der Waals surface area contributed by atoms with Gasteiger partial charge in [-0.1, -0.05) is 29.8 Å². The molecule has 1 amide bonds. The molecule has 1 atom stereocenters. The van der Waals surface area contributed by atoms with Crippen molar-refractivity contribution in [3.05, 3.63) is 64.6 Å². The number of nitrogens with zero attached hydrogens (tertiary/aromatic N) is 1. The Bertz CT molecular complexity index is 1020. The number of aryl methyl sites for hydroxylation is 1. The van der Waals surface area contributed by atoms with Crippen molar-refractivity contribution in [2.24, 2.45) is 0 Å². The number of fused-ring (bicyclic) bond motifs is 2. The molecule has 0 fully saturated rings. The summed E-state index contributed by atoms with van der Waals surface area (Å²) >= 11 is 6.22. The highest BCUT2D eigenvalue weighted by molar-refractivity contribution is 6.31. The third kappa shape index (κ3) is 3.06. The topological polar surface area (TPSA) is 42.0 Å². The van der Waals surface area contributed by atoms with Crippen molar-refractivity contribution in [2.45, 2.75) is 32.2 Å². The Morgan fingerprint density at radius 1 is 1.27 bits per heavy atom. The van der Waals surface area contributed by atoms with E-state index in [4.69, 9.17) is 16.6 Å². The first-order chi connectivity index (χ1) is 12.5. The van der Waals surface area contributed by atoms with Crippen LogP contribution >= 0.6 is 11.6 Å². The summed E-state index contributed by atoms with van der Waals surface area (Å²) in [5, 5.41) is 4.42. The molecule has 1 aromatic heterocycles. The highest BCUT2D eigenvalue weighted by atomic mass is 35.5. The van der Waals surface area contributed by atoms with Gasteiger partial charge in [-0.05, 0) is 54.7 Å². The Labute approximate surface area is 156 Å². The van der Waals surface area contributed by atoms with E-state index in [0.29, 0.717) is 17.0 Å². The highest BCUT2D eigenvalue weighted by Gasteiger charge is 2.26. The molecule has 26 heavy (non-hydrogen) atoms. The molecular formula is C21H18ClFN2O.